The molecular formula is C28H23ClF4N6O2. The highest BCUT2D eigenvalue weighted by Crippen LogP contribution is 2.31. The first-order valence-corrected chi connectivity index (χ1v) is 12.1. The first-order valence-electron chi connectivity index (χ1n) is 12.1. The Morgan fingerprint density at radius 2 is 1.73 bits per heavy atom. The number of amides is 2. The summed E-state index contributed by atoms with van der Waals surface area (Å²) >= 11 is 0. The van der Waals surface area contributed by atoms with Crippen LogP contribution in [0.1, 0.15) is 31.2 Å². The number of rotatable bonds is 6. The molecule has 2 aromatic carbocycles. The smallest absolute Gasteiger partial charge is 0.433 e. The highest BCUT2D eigenvalue weighted by molar-refractivity contribution is 5.99. The van der Waals surface area contributed by atoms with Gasteiger partial charge in [0.2, 0.25) is 0 Å². The van der Waals surface area contributed by atoms with Gasteiger partial charge in [-0.2, -0.15) is 18.3 Å². The molecule has 0 spiro atoms. The molecule has 5 aromatic rings. The van der Waals surface area contributed by atoms with Gasteiger partial charge in [0, 0.05) is 23.7 Å². The van der Waals surface area contributed by atoms with Crippen LogP contribution in [0.25, 0.3) is 16.6 Å². The third kappa shape index (κ3) is 6.72. The Bertz CT molecular complexity index is 1690. The minimum atomic E-state index is -4.59. The number of aromatic nitrogens is 4. The molecule has 3 aromatic heterocycles. The fourth-order valence-corrected chi connectivity index (χ4v) is 3.84. The summed E-state index contributed by atoms with van der Waals surface area (Å²) in [5.74, 6) is -0.238. The molecule has 8 nitrogen and oxygen atoms in total. The molecule has 0 aliphatic heterocycles. The lowest BCUT2D eigenvalue weighted by Crippen LogP contribution is -2.22. The maximum Gasteiger partial charge on any atom is 0.433 e. The third-order valence-electron chi connectivity index (χ3n) is 5.84. The molecular weight excluding hydrogens is 564 g/mol. The van der Waals surface area contributed by atoms with Gasteiger partial charge in [0.05, 0.1) is 28.8 Å². The molecule has 2 N–H and O–H groups in total. The van der Waals surface area contributed by atoms with Crippen molar-refractivity contribution in [1.29, 1.82) is 0 Å². The number of carbonyl (C=O) groups excluding carboxylic acids is 1. The van der Waals surface area contributed by atoms with Gasteiger partial charge in [-0.3, -0.25) is 10.3 Å². The van der Waals surface area contributed by atoms with E-state index in [-0.39, 0.29) is 35.5 Å². The van der Waals surface area contributed by atoms with Gasteiger partial charge in [-0.05, 0) is 54.4 Å². The van der Waals surface area contributed by atoms with Gasteiger partial charge in [0.1, 0.15) is 28.8 Å². The van der Waals surface area contributed by atoms with Crippen molar-refractivity contribution in [1.82, 2.24) is 19.7 Å². The van der Waals surface area contributed by atoms with Crippen LogP contribution in [0.4, 0.5) is 33.9 Å². The van der Waals surface area contributed by atoms with Crippen LogP contribution in [-0.2, 0) is 6.18 Å². The predicted molar refractivity (Wildman–Crippen MR) is 149 cm³/mol. The number of hydrogen-bond donors (Lipinski definition) is 2. The third-order valence-corrected chi connectivity index (χ3v) is 5.84. The molecule has 13 heteroatoms. The Balaban J connectivity index is 0.00000387. The number of fused-ring (bicyclic) bond motifs is 1. The van der Waals surface area contributed by atoms with Crippen molar-refractivity contribution in [3.63, 3.8) is 0 Å². The van der Waals surface area contributed by atoms with Crippen LogP contribution in [0.3, 0.4) is 0 Å². The molecule has 0 saturated carbocycles. The number of nitrogens with one attached hydrogen (secondary N) is 2. The summed E-state index contributed by atoms with van der Waals surface area (Å²) in [6.07, 6.45) is -1.98. The van der Waals surface area contributed by atoms with Gasteiger partial charge in [0.15, 0.2) is 0 Å². The predicted octanol–water partition coefficient (Wildman–Crippen LogP) is 7.95. The van der Waals surface area contributed by atoms with Gasteiger partial charge in [-0.15, -0.1) is 12.4 Å². The van der Waals surface area contributed by atoms with Crippen LogP contribution in [-0.4, -0.2) is 25.8 Å². The molecule has 0 fully saturated rings. The highest BCUT2D eigenvalue weighted by Gasteiger charge is 2.32. The van der Waals surface area contributed by atoms with Gasteiger partial charge in [0.25, 0.3) is 0 Å². The zero-order valence-electron chi connectivity index (χ0n) is 21.6. The van der Waals surface area contributed by atoms with E-state index in [1.54, 1.807) is 16.9 Å². The molecule has 5 rings (SSSR count). The summed E-state index contributed by atoms with van der Waals surface area (Å²) in [6.45, 7) is 3.93. The average molecular weight is 587 g/mol. The molecule has 212 valence electrons. The first kappa shape index (κ1) is 29.3. The van der Waals surface area contributed by atoms with Gasteiger partial charge < -0.3 is 10.1 Å². The van der Waals surface area contributed by atoms with E-state index in [0.29, 0.717) is 11.5 Å². The molecule has 2 amide bonds. The number of anilines is 2. The Morgan fingerprint density at radius 3 is 2.44 bits per heavy atom. The molecule has 0 saturated heterocycles. The van der Waals surface area contributed by atoms with E-state index >= 15 is 0 Å². The molecule has 0 aliphatic rings. The Hall–Kier alpha value is -4.71. The Morgan fingerprint density at radius 1 is 0.951 bits per heavy atom. The summed E-state index contributed by atoms with van der Waals surface area (Å²) in [5, 5.41) is 10.7. The second kappa shape index (κ2) is 11.8. The molecule has 41 heavy (non-hydrogen) atoms. The SMILES string of the molecule is CC(C)c1cc(NC(=O)Nc2cc(Oc3ccc(C(F)(F)F)nc3)ccc2F)n(-c2ccc3ncccc3c2)n1.Cl. The second-order valence-corrected chi connectivity index (χ2v) is 9.10. The fourth-order valence-electron chi connectivity index (χ4n) is 3.84. The highest BCUT2D eigenvalue weighted by atomic mass is 35.5. The molecule has 0 unspecified atom stereocenters. The summed E-state index contributed by atoms with van der Waals surface area (Å²) < 4.78 is 59.8. The average Bonchev–Trinajstić information content (AvgIpc) is 3.34. The lowest BCUT2D eigenvalue weighted by atomic mass is 10.1. The number of carbonyl (C=O) groups is 1. The normalized spacial score (nSPS) is 11.3. The van der Waals surface area contributed by atoms with Crippen molar-refractivity contribution in [3.05, 3.63) is 96.3 Å². The lowest BCUT2D eigenvalue weighted by Gasteiger charge is -2.12. The topological polar surface area (TPSA) is 94.0 Å². The number of ether oxygens (including phenoxy) is 1. The fraction of sp³-hybridized carbons (Fsp3) is 0.143. The summed E-state index contributed by atoms with van der Waals surface area (Å²) in [7, 11) is 0. The second-order valence-electron chi connectivity index (χ2n) is 9.10. The van der Waals surface area contributed by atoms with E-state index in [1.165, 1.54) is 12.1 Å². The first-order chi connectivity index (χ1) is 19.1. The van der Waals surface area contributed by atoms with Crippen molar-refractivity contribution >= 4 is 40.8 Å². The quantitative estimate of drug-likeness (QED) is 0.197. The van der Waals surface area contributed by atoms with Crippen LogP contribution in [0, 0.1) is 5.82 Å². The summed E-state index contributed by atoms with van der Waals surface area (Å²) in [6, 6.07) is 15.7. The van der Waals surface area contributed by atoms with Crippen molar-refractivity contribution in [2.45, 2.75) is 25.9 Å². The summed E-state index contributed by atoms with van der Waals surface area (Å²) in [4.78, 5) is 20.6. The number of alkyl halides is 3. The molecule has 0 aliphatic carbocycles. The minimum Gasteiger partial charge on any atom is -0.456 e. The maximum absolute atomic E-state index is 14.5. The van der Waals surface area contributed by atoms with Crippen molar-refractivity contribution in [2.24, 2.45) is 0 Å². The molecule has 0 bridgehead atoms. The Kier molecular flexibility index (Phi) is 8.43. The number of hydrogen-bond acceptors (Lipinski definition) is 5. The zero-order valence-corrected chi connectivity index (χ0v) is 22.4. The largest absolute Gasteiger partial charge is 0.456 e. The van der Waals surface area contributed by atoms with E-state index in [2.05, 4.69) is 25.7 Å². The van der Waals surface area contributed by atoms with Crippen LogP contribution >= 0.6 is 12.4 Å². The standard InChI is InChI=1S/C28H22F4N6O2.ClH/c1-16(2)23-14-26(38(37-23)18-5-9-22-17(12-18)4-3-11-33-22)36-27(39)35-24-13-19(6-8-21(24)29)40-20-7-10-25(34-15-20)28(30,31)32;/h3-16H,1-2H3,(H2,35,36,39);1H. The number of pyridine rings is 2. The van der Waals surface area contributed by atoms with E-state index in [1.807, 2.05) is 44.2 Å². The minimum absolute atomic E-state index is 0. The number of nitrogens with zero attached hydrogens (tertiary/aromatic N) is 4. The molecule has 3 heterocycles. The van der Waals surface area contributed by atoms with Gasteiger partial charge in [-0.25, -0.2) is 18.9 Å². The maximum atomic E-state index is 14.5. The van der Waals surface area contributed by atoms with Crippen LogP contribution in [0.2, 0.25) is 0 Å². The van der Waals surface area contributed by atoms with Crippen molar-refractivity contribution < 1.29 is 27.1 Å². The van der Waals surface area contributed by atoms with Crippen molar-refractivity contribution in [3.8, 4) is 17.2 Å². The van der Waals surface area contributed by atoms with E-state index in [4.69, 9.17) is 4.74 Å². The van der Waals surface area contributed by atoms with Crippen LogP contribution < -0.4 is 15.4 Å². The number of halogens is 5. The van der Waals surface area contributed by atoms with Crippen molar-refractivity contribution in [2.75, 3.05) is 10.6 Å². The molecule has 0 atom stereocenters. The van der Waals surface area contributed by atoms with Gasteiger partial charge >= 0.3 is 12.2 Å². The lowest BCUT2D eigenvalue weighted by molar-refractivity contribution is -0.141. The van der Waals surface area contributed by atoms with Gasteiger partial charge in [-0.1, -0.05) is 19.9 Å². The van der Waals surface area contributed by atoms with Crippen LogP contribution in [0.5, 0.6) is 11.5 Å². The van der Waals surface area contributed by atoms with E-state index in [9.17, 15) is 22.4 Å². The van der Waals surface area contributed by atoms with Crippen LogP contribution in [0.15, 0.2) is 79.1 Å². The Labute approximate surface area is 237 Å². The summed E-state index contributed by atoms with van der Waals surface area (Å²) in [5.41, 5.74) is 0.946. The van der Waals surface area contributed by atoms with E-state index < -0.39 is 23.7 Å². The zero-order chi connectivity index (χ0) is 28.4. The number of benzene rings is 2. The van der Waals surface area contributed by atoms with E-state index in [0.717, 1.165) is 41.0 Å². The monoisotopic (exact) mass is 586 g/mol. The number of urea groups is 1. The molecule has 0 radical (unpaired) electrons.